The van der Waals surface area contributed by atoms with Crippen LogP contribution in [0.3, 0.4) is 0 Å². The maximum absolute atomic E-state index is 12.7. The van der Waals surface area contributed by atoms with Crippen molar-refractivity contribution >= 4 is 22.2 Å². The van der Waals surface area contributed by atoms with E-state index < -0.39 is 12.7 Å². The van der Waals surface area contributed by atoms with Gasteiger partial charge in [0.15, 0.2) is 16.9 Å². The first kappa shape index (κ1) is 20.5. The van der Waals surface area contributed by atoms with Gasteiger partial charge in [-0.05, 0) is 31.2 Å². The highest BCUT2D eigenvalue weighted by Gasteiger charge is 2.32. The lowest BCUT2D eigenvalue weighted by Gasteiger charge is -2.36. The zero-order chi connectivity index (χ0) is 22.5. The molecule has 0 saturated carbocycles. The minimum absolute atomic E-state index is 0.0642. The number of hydrogen-bond acceptors (Lipinski definition) is 5. The Morgan fingerprint density at radius 1 is 1.06 bits per heavy atom. The van der Waals surface area contributed by atoms with E-state index >= 15 is 0 Å². The number of anilines is 1. The summed E-state index contributed by atoms with van der Waals surface area (Å²) in [5.41, 5.74) is 3.25. The van der Waals surface area contributed by atoms with Gasteiger partial charge in [-0.3, -0.25) is 9.69 Å². The molecule has 7 nitrogen and oxygen atoms in total. The highest BCUT2D eigenvalue weighted by atomic mass is 19.4. The van der Waals surface area contributed by atoms with Crippen molar-refractivity contribution in [1.82, 2.24) is 24.5 Å². The second-order valence-electron chi connectivity index (χ2n) is 8.00. The predicted octanol–water partition coefficient (Wildman–Crippen LogP) is 3.23. The van der Waals surface area contributed by atoms with E-state index in [0.717, 1.165) is 11.2 Å². The van der Waals surface area contributed by atoms with Crippen molar-refractivity contribution < 1.29 is 13.2 Å². The van der Waals surface area contributed by atoms with Gasteiger partial charge in [0.1, 0.15) is 0 Å². The summed E-state index contributed by atoms with van der Waals surface area (Å²) in [6, 6.07) is 11.0. The number of pyridine rings is 2. The Hall–Kier alpha value is -3.40. The highest BCUT2D eigenvalue weighted by Crippen LogP contribution is 2.23. The first-order valence-corrected chi connectivity index (χ1v) is 10.3. The van der Waals surface area contributed by atoms with Crippen LogP contribution in [-0.2, 0) is 0 Å². The molecule has 10 heteroatoms. The number of aromatic nitrogens is 4. The fraction of sp³-hybridized carbons (Fsp3) is 0.318. The zero-order valence-corrected chi connectivity index (χ0v) is 17.4. The molecule has 4 heterocycles. The van der Waals surface area contributed by atoms with Gasteiger partial charge >= 0.3 is 6.18 Å². The van der Waals surface area contributed by atoms with Crippen molar-refractivity contribution in [3.63, 3.8) is 0 Å². The number of hydrogen-bond donors (Lipinski definition) is 1. The number of H-pyrrole nitrogens is 1. The van der Waals surface area contributed by atoms with E-state index in [0.29, 0.717) is 54.3 Å². The lowest BCUT2D eigenvalue weighted by atomic mass is 10.1. The standard InChI is InChI=1S/C22H21F3N6O/c1-14-19(26-17-5-3-2-4-16(17)20(14)32)21-27-18-7-6-15(12-31(18)28-21)30-10-8-29(9-11-30)13-22(23,24)25/h2-7,12H,8-11,13H2,1H3,(H,26,32). The molecule has 3 aromatic heterocycles. The van der Waals surface area contributed by atoms with Crippen LogP contribution in [-0.4, -0.2) is 63.4 Å². The number of nitrogens with one attached hydrogen (secondary N) is 1. The van der Waals surface area contributed by atoms with E-state index in [4.69, 9.17) is 0 Å². The van der Waals surface area contributed by atoms with Crippen LogP contribution in [0.5, 0.6) is 0 Å². The first-order valence-electron chi connectivity index (χ1n) is 10.3. The second kappa shape index (κ2) is 7.63. The van der Waals surface area contributed by atoms with Gasteiger partial charge in [0.2, 0.25) is 0 Å². The molecule has 166 valence electrons. The van der Waals surface area contributed by atoms with Crippen molar-refractivity contribution in [1.29, 1.82) is 0 Å². The molecule has 5 rings (SSSR count). The Morgan fingerprint density at radius 3 is 2.56 bits per heavy atom. The van der Waals surface area contributed by atoms with E-state index in [-0.39, 0.29) is 5.43 Å². The van der Waals surface area contributed by atoms with E-state index in [1.54, 1.807) is 17.5 Å². The number of fused-ring (bicyclic) bond motifs is 2. The van der Waals surface area contributed by atoms with Gasteiger partial charge in [0.25, 0.3) is 0 Å². The quantitative estimate of drug-likeness (QED) is 0.528. The maximum atomic E-state index is 12.7. The van der Waals surface area contributed by atoms with Gasteiger partial charge in [-0.15, -0.1) is 5.10 Å². The summed E-state index contributed by atoms with van der Waals surface area (Å²) in [5.74, 6) is 0.414. The molecular weight excluding hydrogens is 421 g/mol. The van der Waals surface area contributed by atoms with Crippen LogP contribution in [0.4, 0.5) is 18.9 Å². The van der Waals surface area contributed by atoms with Crippen molar-refractivity contribution in [2.75, 3.05) is 37.6 Å². The third kappa shape index (κ3) is 3.81. The number of piperazine rings is 1. The third-order valence-corrected chi connectivity index (χ3v) is 5.83. The van der Waals surface area contributed by atoms with E-state index in [2.05, 4.69) is 15.1 Å². The van der Waals surface area contributed by atoms with E-state index in [1.165, 1.54) is 4.90 Å². The molecule has 0 spiro atoms. The molecule has 32 heavy (non-hydrogen) atoms. The molecular formula is C22H21F3N6O. The molecule has 0 bridgehead atoms. The smallest absolute Gasteiger partial charge is 0.368 e. The number of rotatable bonds is 3. The number of aromatic amines is 1. The molecule has 1 aromatic carbocycles. The van der Waals surface area contributed by atoms with Gasteiger partial charge in [0, 0.05) is 42.6 Å². The van der Waals surface area contributed by atoms with Crippen LogP contribution in [0.15, 0.2) is 47.4 Å². The van der Waals surface area contributed by atoms with Gasteiger partial charge in [-0.1, -0.05) is 12.1 Å². The number of nitrogens with zero attached hydrogens (tertiary/aromatic N) is 5. The summed E-state index contributed by atoms with van der Waals surface area (Å²) >= 11 is 0. The summed E-state index contributed by atoms with van der Waals surface area (Å²) in [6.07, 6.45) is -2.36. The monoisotopic (exact) mass is 442 g/mol. The number of para-hydroxylation sites is 1. The van der Waals surface area contributed by atoms with Crippen molar-refractivity contribution in [3.8, 4) is 11.5 Å². The molecule has 0 radical (unpaired) electrons. The van der Waals surface area contributed by atoms with Crippen molar-refractivity contribution in [2.24, 2.45) is 0 Å². The fourth-order valence-electron chi connectivity index (χ4n) is 4.14. The lowest BCUT2D eigenvalue weighted by Crippen LogP contribution is -2.49. The molecule has 1 saturated heterocycles. The molecule has 0 amide bonds. The van der Waals surface area contributed by atoms with Crippen LogP contribution in [0.2, 0.25) is 0 Å². The minimum atomic E-state index is -4.18. The molecule has 0 unspecified atom stereocenters. The third-order valence-electron chi connectivity index (χ3n) is 5.83. The summed E-state index contributed by atoms with van der Waals surface area (Å²) in [5, 5.41) is 5.18. The average Bonchev–Trinajstić information content (AvgIpc) is 3.19. The fourth-order valence-corrected chi connectivity index (χ4v) is 4.14. The van der Waals surface area contributed by atoms with Gasteiger partial charge < -0.3 is 9.88 Å². The minimum Gasteiger partial charge on any atom is -0.368 e. The van der Waals surface area contributed by atoms with E-state index in [1.807, 2.05) is 41.4 Å². The maximum Gasteiger partial charge on any atom is 0.401 e. The molecule has 0 aliphatic carbocycles. The lowest BCUT2D eigenvalue weighted by molar-refractivity contribution is -0.146. The van der Waals surface area contributed by atoms with Crippen LogP contribution in [0.1, 0.15) is 5.56 Å². The number of halogens is 3. The van der Waals surface area contributed by atoms with Gasteiger partial charge in [0.05, 0.1) is 24.1 Å². The van der Waals surface area contributed by atoms with Crippen molar-refractivity contribution in [2.45, 2.75) is 13.1 Å². The van der Waals surface area contributed by atoms with Crippen LogP contribution < -0.4 is 10.3 Å². The normalized spacial score (nSPS) is 15.7. The van der Waals surface area contributed by atoms with Gasteiger partial charge in [-0.25, -0.2) is 9.50 Å². The largest absolute Gasteiger partial charge is 0.401 e. The summed E-state index contributed by atoms with van der Waals surface area (Å²) in [4.78, 5) is 24.0. The predicted molar refractivity (Wildman–Crippen MR) is 116 cm³/mol. The topological polar surface area (TPSA) is 69.5 Å². The Balaban J connectivity index is 1.43. The summed E-state index contributed by atoms with van der Waals surface area (Å²) < 4.78 is 39.5. The Morgan fingerprint density at radius 2 is 1.81 bits per heavy atom. The Kier molecular flexibility index (Phi) is 4.89. The first-order chi connectivity index (χ1) is 15.3. The SMILES string of the molecule is Cc1c(-c2nc3ccc(N4CCN(CC(F)(F)F)CC4)cn3n2)[nH]c2ccccc2c1=O. The molecule has 1 aliphatic rings. The zero-order valence-electron chi connectivity index (χ0n) is 17.4. The van der Waals surface area contributed by atoms with Crippen LogP contribution in [0, 0.1) is 6.92 Å². The van der Waals surface area contributed by atoms with Crippen LogP contribution >= 0.6 is 0 Å². The molecule has 1 N–H and O–H groups in total. The average molecular weight is 442 g/mol. The summed E-state index contributed by atoms with van der Waals surface area (Å²) in [6.45, 7) is 2.56. The second-order valence-corrected chi connectivity index (χ2v) is 8.00. The van der Waals surface area contributed by atoms with Crippen LogP contribution in [0.25, 0.3) is 28.1 Å². The molecule has 1 aliphatic heterocycles. The highest BCUT2D eigenvalue weighted by molar-refractivity contribution is 5.82. The Labute approximate surface area is 181 Å². The Bertz CT molecular complexity index is 1350. The summed E-state index contributed by atoms with van der Waals surface area (Å²) in [7, 11) is 0. The number of alkyl halides is 3. The molecule has 0 atom stereocenters. The van der Waals surface area contributed by atoms with E-state index in [9.17, 15) is 18.0 Å². The van der Waals surface area contributed by atoms with Gasteiger partial charge in [-0.2, -0.15) is 13.2 Å². The number of benzene rings is 1. The van der Waals surface area contributed by atoms with Crippen molar-refractivity contribution in [3.05, 3.63) is 58.4 Å². The molecule has 4 aromatic rings. The molecule has 1 fully saturated rings.